The minimum atomic E-state index is -0.531. The van der Waals surface area contributed by atoms with Gasteiger partial charge in [-0.05, 0) is 57.0 Å². The van der Waals surface area contributed by atoms with Crippen molar-refractivity contribution in [2.24, 2.45) is 5.92 Å². The summed E-state index contributed by atoms with van der Waals surface area (Å²) in [6, 6.07) is 16.7. The van der Waals surface area contributed by atoms with Crippen molar-refractivity contribution in [3.63, 3.8) is 0 Å². The molecule has 0 saturated carbocycles. The van der Waals surface area contributed by atoms with E-state index in [4.69, 9.17) is 4.74 Å². The second kappa shape index (κ2) is 7.97. The Morgan fingerprint density at radius 1 is 1.00 bits per heavy atom. The zero-order valence-corrected chi connectivity index (χ0v) is 15.2. The van der Waals surface area contributed by atoms with Crippen molar-refractivity contribution < 1.29 is 14.3 Å². The first-order chi connectivity index (χ1) is 11.7. The molecule has 0 aromatic heterocycles. The maximum absolute atomic E-state index is 12.3. The quantitative estimate of drug-likeness (QED) is 0.818. The van der Waals surface area contributed by atoms with Crippen LogP contribution in [0.1, 0.15) is 43.6 Å². The third-order valence-electron chi connectivity index (χ3n) is 3.62. The molecule has 4 heteroatoms. The molecule has 1 atom stereocenters. The normalized spacial score (nSPS) is 12.3. The molecular formula is C21H25NO3. The Hall–Kier alpha value is -2.62. The van der Waals surface area contributed by atoms with Crippen LogP contribution in [-0.2, 0) is 16.0 Å². The summed E-state index contributed by atoms with van der Waals surface area (Å²) in [6.45, 7) is 7.38. The number of amides is 1. The minimum absolute atomic E-state index is 0.0473. The number of hydrogen-bond donors (Lipinski definition) is 1. The third-order valence-corrected chi connectivity index (χ3v) is 3.62. The standard InChI is InChI=1S/C21H25NO3/c1-15(14-16-8-6-5-7-9-16)19(23)22-18-12-10-17(11-13-18)20(24)25-21(2,3)4/h5-13,15H,14H2,1-4H3,(H,22,23). The van der Waals surface area contributed by atoms with Gasteiger partial charge >= 0.3 is 5.97 Å². The Bertz CT molecular complexity index is 715. The van der Waals surface area contributed by atoms with Gasteiger partial charge in [0.25, 0.3) is 0 Å². The molecule has 0 fully saturated rings. The highest BCUT2D eigenvalue weighted by atomic mass is 16.6. The largest absolute Gasteiger partial charge is 0.456 e. The lowest BCUT2D eigenvalue weighted by Crippen LogP contribution is -2.24. The number of benzene rings is 2. The highest BCUT2D eigenvalue weighted by molar-refractivity contribution is 5.94. The number of anilines is 1. The first-order valence-corrected chi connectivity index (χ1v) is 8.43. The van der Waals surface area contributed by atoms with Gasteiger partial charge in [0.1, 0.15) is 5.60 Å². The van der Waals surface area contributed by atoms with Gasteiger partial charge < -0.3 is 10.1 Å². The summed E-state index contributed by atoms with van der Waals surface area (Å²) < 4.78 is 5.32. The molecule has 1 N–H and O–H groups in total. The van der Waals surface area contributed by atoms with E-state index in [9.17, 15) is 9.59 Å². The summed E-state index contributed by atoms with van der Waals surface area (Å²) in [6.07, 6.45) is 0.683. The zero-order chi connectivity index (χ0) is 18.4. The minimum Gasteiger partial charge on any atom is -0.456 e. The molecule has 1 unspecified atom stereocenters. The molecule has 0 aliphatic heterocycles. The van der Waals surface area contributed by atoms with Gasteiger partial charge in [-0.15, -0.1) is 0 Å². The average molecular weight is 339 g/mol. The Balaban J connectivity index is 1.94. The second-order valence-corrected chi connectivity index (χ2v) is 7.16. The fraction of sp³-hybridized carbons (Fsp3) is 0.333. The lowest BCUT2D eigenvalue weighted by atomic mass is 10.0. The number of ether oxygens (including phenoxy) is 1. The van der Waals surface area contributed by atoms with Crippen LogP contribution in [0.15, 0.2) is 54.6 Å². The average Bonchev–Trinajstić information content (AvgIpc) is 2.54. The SMILES string of the molecule is CC(Cc1ccccc1)C(=O)Nc1ccc(C(=O)OC(C)(C)C)cc1. The van der Waals surface area contributed by atoms with E-state index in [1.165, 1.54) is 0 Å². The molecule has 0 aliphatic carbocycles. The number of rotatable bonds is 5. The highest BCUT2D eigenvalue weighted by Gasteiger charge is 2.18. The number of carbonyl (C=O) groups is 2. The van der Waals surface area contributed by atoms with Crippen LogP contribution in [-0.4, -0.2) is 17.5 Å². The van der Waals surface area contributed by atoms with E-state index in [0.29, 0.717) is 17.7 Å². The van der Waals surface area contributed by atoms with Gasteiger partial charge in [0.2, 0.25) is 5.91 Å². The summed E-state index contributed by atoms with van der Waals surface area (Å²) in [4.78, 5) is 24.3. The van der Waals surface area contributed by atoms with Crippen molar-refractivity contribution in [3.05, 3.63) is 65.7 Å². The molecule has 0 spiro atoms. The van der Waals surface area contributed by atoms with Gasteiger partial charge in [-0.3, -0.25) is 4.79 Å². The van der Waals surface area contributed by atoms with E-state index in [-0.39, 0.29) is 17.8 Å². The molecule has 25 heavy (non-hydrogen) atoms. The highest BCUT2D eigenvalue weighted by Crippen LogP contribution is 2.16. The van der Waals surface area contributed by atoms with Crippen LogP contribution in [0.2, 0.25) is 0 Å². The van der Waals surface area contributed by atoms with E-state index in [0.717, 1.165) is 5.56 Å². The maximum Gasteiger partial charge on any atom is 0.338 e. The fourth-order valence-corrected chi connectivity index (χ4v) is 2.35. The zero-order valence-electron chi connectivity index (χ0n) is 15.2. The number of carbonyl (C=O) groups excluding carboxylic acids is 2. The molecule has 2 aromatic carbocycles. The molecule has 132 valence electrons. The lowest BCUT2D eigenvalue weighted by molar-refractivity contribution is -0.119. The number of esters is 1. The summed E-state index contributed by atoms with van der Waals surface area (Å²) in [7, 11) is 0. The molecule has 2 aromatic rings. The van der Waals surface area contributed by atoms with Crippen LogP contribution < -0.4 is 5.32 Å². The van der Waals surface area contributed by atoms with Gasteiger partial charge in [-0.25, -0.2) is 4.79 Å². The van der Waals surface area contributed by atoms with Crippen LogP contribution >= 0.6 is 0 Å². The van der Waals surface area contributed by atoms with Crippen LogP contribution in [0.4, 0.5) is 5.69 Å². The predicted molar refractivity (Wildman–Crippen MR) is 99.6 cm³/mol. The van der Waals surface area contributed by atoms with Gasteiger partial charge in [-0.2, -0.15) is 0 Å². The number of nitrogens with one attached hydrogen (secondary N) is 1. The Kier molecular flexibility index (Phi) is 5.97. The van der Waals surface area contributed by atoms with E-state index in [1.54, 1.807) is 24.3 Å². The lowest BCUT2D eigenvalue weighted by Gasteiger charge is -2.19. The van der Waals surface area contributed by atoms with Crippen molar-refractivity contribution in [3.8, 4) is 0 Å². The summed E-state index contributed by atoms with van der Waals surface area (Å²) >= 11 is 0. The molecule has 0 heterocycles. The van der Waals surface area contributed by atoms with Gasteiger partial charge in [0.15, 0.2) is 0 Å². The van der Waals surface area contributed by atoms with Gasteiger partial charge in [0, 0.05) is 11.6 Å². The Morgan fingerprint density at radius 2 is 1.60 bits per heavy atom. The van der Waals surface area contributed by atoms with Crippen molar-refractivity contribution in [1.82, 2.24) is 0 Å². The second-order valence-electron chi connectivity index (χ2n) is 7.16. The smallest absolute Gasteiger partial charge is 0.338 e. The molecule has 0 bridgehead atoms. The summed E-state index contributed by atoms with van der Waals surface area (Å²) in [5.41, 5.74) is 1.73. The Morgan fingerprint density at radius 3 is 2.16 bits per heavy atom. The Labute approximate surface area is 149 Å². The fourth-order valence-electron chi connectivity index (χ4n) is 2.35. The van der Waals surface area contributed by atoms with Gasteiger partial charge in [0.05, 0.1) is 5.56 Å². The molecule has 0 saturated heterocycles. The van der Waals surface area contributed by atoms with Crippen LogP contribution in [0.25, 0.3) is 0 Å². The third kappa shape index (κ3) is 6.07. The van der Waals surface area contributed by atoms with Crippen molar-refractivity contribution in [2.45, 2.75) is 39.7 Å². The summed E-state index contributed by atoms with van der Waals surface area (Å²) in [5, 5.41) is 2.89. The molecule has 4 nitrogen and oxygen atoms in total. The predicted octanol–water partition coefficient (Wildman–Crippen LogP) is 4.46. The van der Waals surface area contributed by atoms with Gasteiger partial charge in [-0.1, -0.05) is 37.3 Å². The van der Waals surface area contributed by atoms with E-state index < -0.39 is 5.60 Å². The van der Waals surface area contributed by atoms with Crippen molar-refractivity contribution in [1.29, 1.82) is 0 Å². The van der Waals surface area contributed by atoms with Crippen LogP contribution in [0.3, 0.4) is 0 Å². The van der Waals surface area contributed by atoms with Crippen molar-refractivity contribution >= 4 is 17.6 Å². The van der Waals surface area contributed by atoms with E-state index in [2.05, 4.69) is 5.32 Å². The van der Waals surface area contributed by atoms with Crippen molar-refractivity contribution in [2.75, 3.05) is 5.32 Å². The molecule has 0 radical (unpaired) electrons. The van der Waals surface area contributed by atoms with Crippen LogP contribution in [0.5, 0.6) is 0 Å². The maximum atomic E-state index is 12.3. The van der Waals surface area contributed by atoms with E-state index in [1.807, 2.05) is 58.0 Å². The molecular weight excluding hydrogens is 314 g/mol. The topological polar surface area (TPSA) is 55.4 Å². The molecule has 1 amide bonds. The summed E-state index contributed by atoms with van der Waals surface area (Å²) in [5.74, 6) is -0.565. The van der Waals surface area contributed by atoms with E-state index >= 15 is 0 Å². The van der Waals surface area contributed by atoms with Crippen LogP contribution in [0, 0.1) is 5.92 Å². The molecule has 2 rings (SSSR count). The number of hydrogen-bond acceptors (Lipinski definition) is 3. The monoisotopic (exact) mass is 339 g/mol. The molecule has 0 aliphatic rings. The first kappa shape index (κ1) is 18.7. The first-order valence-electron chi connectivity index (χ1n) is 8.43.